The minimum absolute atomic E-state index is 0.0115. The second kappa shape index (κ2) is 30.5. The van der Waals surface area contributed by atoms with Crippen LogP contribution in [-0.4, -0.2) is 101 Å². The molecule has 0 radical (unpaired) electrons. The van der Waals surface area contributed by atoms with E-state index in [0.717, 1.165) is 19.3 Å². The number of hydrogen-bond acceptors (Lipinski definition) is 9. The van der Waals surface area contributed by atoms with Gasteiger partial charge in [-0.1, -0.05) is 114 Å². The van der Waals surface area contributed by atoms with Crippen LogP contribution >= 0.6 is 0 Å². The number of nitrogens with two attached hydrogens (primary N) is 1. The number of amides is 5. The Morgan fingerprint density at radius 2 is 1.19 bits per heavy atom. The molecule has 0 heterocycles. The molecular weight excluding hydrogens is 745 g/mol. The zero-order valence-electron chi connectivity index (χ0n) is 35.2. The summed E-state index contributed by atoms with van der Waals surface area (Å²) in [6, 6.07) is 2.67. The Morgan fingerprint density at radius 3 is 1.71 bits per heavy atom. The molecule has 0 fully saturated rings. The number of carbonyl (C=O) groups is 6. The highest BCUT2D eigenvalue weighted by Gasteiger charge is 2.32. The van der Waals surface area contributed by atoms with Gasteiger partial charge in [-0.3, -0.25) is 34.2 Å². The van der Waals surface area contributed by atoms with Gasteiger partial charge >= 0.3 is 0 Å². The summed E-state index contributed by atoms with van der Waals surface area (Å²) < 4.78 is 0. The summed E-state index contributed by atoms with van der Waals surface area (Å²) in [5.74, 6) is -4.14. The van der Waals surface area contributed by atoms with Crippen molar-refractivity contribution in [3.05, 3.63) is 35.9 Å². The highest BCUT2D eigenvalue weighted by Crippen LogP contribution is 2.13. The molecule has 0 saturated carbocycles. The van der Waals surface area contributed by atoms with Gasteiger partial charge in [0.25, 0.3) is 0 Å². The minimum Gasteiger partial charge on any atom is -0.394 e. The largest absolute Gasteiger partial charge is 0.394 e. The van der Waals surface area contributed by atoms with Crippen LogP contribution in [0.3, 0.4) is 0 Å². The molecule has 328 valence electrons. The molecule has 0 aliphatic carbocycles. The molecule has 16 heteroatoms. The molecule has 11 N–H and O–H groups in total. The molecule has 6 atom stereocenters. The SMILES string of the molecule is CCCCCCCCCCCCCCCC(=O)NC(C(=O)N[C@@H](C)C(=O)N[C@@H](Cc1ccccc1)C(=O)N[C@@H](CCCNC(=N)N)C(=O)N[C@@H](CO)C(C)=O)[C@@H](C)O. The van der Waals surface area contributed by atoms with E-state index in [1.54, 1.807) is 30.3 Å². The highest BCUT2D eigenvalue weighted by atomic mass is 16.3. The Hall–Kier alpha value is -4.57. The number of aliphatic hydroxyl groups is 2. The van der Waals surface area contributed by atoms with Gasteiger partial charge in [0.2, 0.25) is 29.5 Å². The lowest BCUT2D eigenvalue weighted by Gasteiger charge is -2.26. The number of Topliss-reactive ketones (excluding diaryl/α,β-unsaturated/α-hetero) is 1. The number of rotatable bonds is 32. The smallest absolute Gasteiger partial charge is 0.245 e. The third-order valence-corrected chi connectivity index (χ3v) is 9.86. The molecule has 1 aromatic carbocycles. The van der Waals surface area contributed by atoms with Gasteiger partial charge in [-0.25, -0.2) is 0 Å². The first kappa shape index (κ1) is 51.4. The summed E-state index contributed by atoms with van der Waals surface area (Å²) >= 11 is 0. The third kappa shape index (κ3) is 23.0. The summed E-state index contributed by atoms with van der Waals surface area (Å²) in [6.07, 6.45) is 14.5. The fourth-order valence-corrected chi connectivity index (χ4v) is 6.30. The molecule has 5 amide bonds. The first-order valence-corrected chi connectivity index (χ1v) is 21.1. The second-order valence-electron chi connectivity index (χ2n) is 15.2. The number of unbranched alkanes of at least 4 members (excludes halogenated alkanes) is 12. The van der Waals surface area contributed by atoms with Crippen molar-refractivity contribution >= 4 is 41.3 Å². The van der Waals surface area contributed by atoms with Gasteiger partial charge < -0.3 is 47.8 Å². The zero-order chi connectivity index (χ0) is 43.3. The van der Waals surface area contributed by atoms with E-state index in [0.29, 0.717) is 12.0 Å². The van der Waals surface area contributed by atoms with Crippen LogP contribution in [-0.2, 0) is 35.2 Å². The lowest BCUT2D eigenvalue weighted by atomic mass is 10.0. The predicted molar refractivity (Wildman–Crippen MR) is 224 cm³/mol. The maximum atomic E-state index is 13.8. The summed E-state index contributed by atoms with van der Waals surface area (Å²) in [5, 5.41) is 42.7. The number of carbonyl (C=O) groups excluding carboxylic acids is 6. The second-order valence-corrected chi connectivity index (χ2v) is 15.2. The fraction of sp³-hybridized carbons (Fsp3) is 0.690. The predicted octanol–water partition coefficient (Wildman–Crippen LogP) is 2.38. The summed E-state index contributed by atoms with van der Waals surface area (Å²) in [5.41, 5.74) is 6.03. The normalized spacial score (nSPS) is 14.1. The Bertz CT molecular complexity index is 1400. The van der Waals surface area contributed by atoms with E-state index in [1.165, 1.54) is 78.6 Å². The van der Waals surface area contributed by atoms with Crippen LogP contribution < -0.4 is 37.6 Å². The molecule has 0 bridgehead atoms. The Morgan fingerprint density at radius 1 is 0.672 bits per heavy atom. The molecule has 16 nitrogen and oxygen atoms in total. The van der Waals surface area contributed by atoms with Gasteiger partial charge in [-0.2, -0.15) is 0 Å². The van der Waals surface area contributed by atoms with Crippen LogP contribution in [0.25, 0.3) is 0 Å². The molecule has 0 aliphatic heterocycles. The van der Waals surface area contributed by atoms with Crippen molar-refractivity contribution in [1.29, 1.82) is 5.41 Å². The average Bonchev–Trinajstić information content (AvgIpc) is 3.18. The van der Waals surface area contributed by atoms with Crippen LogP contribution in [0.1, 0.15) is 136 Å². The molecule has 1 unspecified atom stereocenters. The molecule has 0 aliphatic rings. The van der Waals surface area contributed by atoms with E-state index in [2.05, 4.69) is 38.8 Å². The Balaban J connectivity index is 2.83. The summed E-state index contributed by atoms with van der Waals surface area (Å²) in [7, 11) is 0. The number of aliphatic hydroxyl groups excluding tert-OH is 2. The standard InChI is InChI=1S/C42H72N8O8/c1-5-6-7-8-9-10-11-12-13-14-15-16-20-25-36(54)50-37(31(4)53)41(58)46-29(2)38(55)48-34(27-32-22-18-17-19-23-32)40(57)47-33(24-21-26-45-42(43)44)39(56)49-35(28-51)30(3)52/h17-19,22-23,29,31,33-35,37,51,53H,5-16,20-21,24-28H2,1-4H3,(H,46,58)(H,47,57)(H,48,55)(H,49,56)(H,50,54)(H4,43,44,45)/t29-,31+,33-,34-,35-,37?/m0/s1. The average molecular weight is 817 g/mol. The maximum absolute atomic E-state index is 13.8. The monoisotopic (exact) mass is 817 g/mol. The molecule has 1 aromatic rings. The molecule has 1 rings (SSSR count). The first-order chi connectivity index (χ1) is 27.7. The maximum Gasteiger partial charge on any atom is 0.245 e. The van der Waals surface area contributed by atoms with E-state index in [-0.39, 0.29) is 44.1 Å². The fourth-order valence-electron chi connectivity index (χ4n) is 6.30. The van der Waals surface area contributed by atoms with Crippen LogP contribution in [0.5, 0.6) is 0 Å². The molecule has 0 saturated heterocycles. The van der Waals surface area contributed by atoms with Crippen LogP contribution in [0, 0.1) is 5.41 Å². The van der Waals surface area contributed by atoms with Gasteiger partial charge in [0.1, 0.15) is 30.2 Å². The number of benzene rings is 1. The van der Waals surface area contributed by atoms with Crippen molar-refractivity contribution < 1.29 is 39.0 Å². The van der Waals surface area contributed by atoms with E-state index in [9.17, 15) is 39.0 Å². The topological polar surface area (TPSA) is 265 Å². The van der Waals surface area contributed by atoms with E-state index in [1.807, 2.05) is 0 Å². The summed E-state index contributed by atoms with van der Waals surface area (Å²) in [6.45, 7) is 5.75. The van der Waals surface area contributed by atoms with Crippen molar-refractivity contribution in [2.24, 2.45) is 5.73 Å². The number of hydrogen-bond donors (Lipinski definition) is 10. The van der Waals surface area contributed by atoms with Gasteiger partial charge in [0.05, 0.1) is 12.7 Å². The lowest BCUT2D eigenvalue weighted by Crippen LogP contribution is -2.59. The van der Waals surface area contributed by atoms with Crippen LogP contribution in [0.15, 0.2) is 30.3 Å². The van der Waals surface area contributed by atoms with Crippen molar-refractivity contribution in [3.63, 3.8) is 0 Å². The zero-order valence-corrected chi connectivity index (χ0v) is 35.2. The number of nitrogens with one attached hydrogen (secondary N) is 7. The third-order valence-electron chi connectivity index (χ3n) is 9.86. The van der Waals surface area contributed by atoms with Crippen LogP contribution in [0.2, 0.25) is 0 Å². The van der Waals surface area contributed by atoms with E-state index in [4.69, 9.17) is 11.1 Å². The van der Waals surface area contributed by atoms with Gasteiger partial charge in [-0.05, 0) is 45.6 Å². The minimum atomic E-state index is -1.32. The van der Waals surface area contributed by atoms with E-state index < -0.39 is 72.3 Å². The Labute approximate surface area is 344 Å². The number of ketones is 1. The first-order valence-electron chi connectivity index (χ1n) is 21.1. The molecular formula is C42H72N8O8. The lowest BCUT2D eigenvalue weighted by molar-refractivity contribution is -0.135. The molecule has 58 heavy (non-hydrogen) atoms. The van der Waals surface area contributed by atoms with Crippen LogP contribution in [0.4, 0.5) is 0 Å². The number of guanidine groups is 1. The van der Waals surface area contributed by atoms with Crippen molar-refractivity contribution in [1.82, 2.24) is 31.9 Å². The quantitative estimate of drug-likeness (QED) is 0.0288. The Kier molecular flexibility index (Phi) is 27.1. The molecule has 0 spiro atoms. The van der Waals surface area contributed by atoms with Gasteiger partial charge in [0.15, 0.2) is 11.7 Å². The van der Waals surface area contributed by atoms with Crippen molar-refractivity contribution in [2.75, 3.05) is 13.2 Å². The summed E-state index contributed by atoms with van der Waals surface area (Å²) in [4.78, 5) is 78.3. The van der Waals surface area contributed by atoms with Gasteiger partial charge in [0, 0.05) is 19.4 Å². The highest BCUT2D eigenvalue weighted by molar-refractivity contribution is 5.96. The molecule has 0 aromatic heterocycles. The van der Waals surface area contributed by atoms with Gasteiger partial charge in [-0.15, -0.1) is 0 Å². The van der Waals surface area contributed by atoms with Crippen molar-refractivity contribution in [2.45, 2.75) is 173 Å². The van der Waals surface area contributed by atoms with Crippen molar-refractivity contribution in [3.8, 4) is 0 Å². The van der Waals surface area contributed by atoms with E-state index >= 15 is 0 Å².